The van der Waals surface area contributed by atoms with Gasteiger partial charge >= 0.3 is 0 Å². The molecule has 120 valence electrons. The van der Waals surface area contributed by atoms with Crippen LogP contribution in [-0.2, 0) is 11.2 Å². The molecule has 0 aliphatic carbocycles. The smallest absolute Gasteiger partial charge is 0.240 e. The van der Waals surface area contributed by atoms with Gasteiger partial charge in [-0.15, -0.1) is 0 Å². The van der Waals surface area contributed by atoms with Gasteiger partial charge < -0.3 is 10.2 Å². The van der Waals surface area contributed by atoms with Crippen LogP contribution in [0.1, 0.15) is 31.0 Å². The molecule has 1 aliphatic rings. The number of rotatable bonds is 4. The van der Waals surface area contributed by atoms with Crippen molar-refractivity contribution in [3.63, 3.8) is 0 Å². The Balaban J connectivity index is 1.64. The van der Waals surface area contributed by atoms with E-state index in [1.807, 2.05) is 37.3 Å². The van der Waals surface area contributed by atoms with Crippen LogP contribution in [0.15, 0.2) is 48.5 Å². The summed E-state index contributed by atoms with van der Waals surface area (Å²) in [6, 6.07) is 16.2. The van der Waals surface area contributed by atoms with Gasteiger partial charge in [-0.3, -0.25) is 4.79 Å². The molecule has 0 bridgehead atoms. The molecule has 2 aromatic carbocycles. The summed E-state index contributed by atoms with van der Waals surface area (Å²) in [5, 5.41) is 3.77. The third-order valence-electron chi connectivity index (χ3n) is 4.41. The van der Waals surface area contributed by atoms with Crippen LogP contribution >= 0.6 is 11.6 Å². The molecule has 2 atom stereocenters. The number of benzene rings is 2. The van der Waals surface area contributed by atoms with Crippen molar-refractivity contribution >= 4 is 23.2 Å². The average molecular weight is 329 g/mol. The van der Waals surface area contributed by atoms with Gasteiger partial charge in [0.1, 0.15) is 0 Å². The molecule has 3 rings (SSSR count). The number of nitrogens with zero attached hydrogens (tertiary/aromatic N) is 1. The maximum atomic E-state index is 12.4. The summed E-state index contributed by atoms with van der Waals surface area (Å²) in [5.41, 5.74) is 3.55. The molecule has 0 radical (unpaired) electrons. The summed E-state index contributed by atoms with van der Waals surface area (Å²) in [6.45, 7) is 4.54. The first kappa shape index (κ1) is 15.9. The Hall–Kier alpha value is -2.00. The minimum absolute atomic E-state index is 0.0343. The van der Waals surface area contributed by atoms with E-state index in [9.17, 15) is 4.79 Å². The topological polar surface area (TPSA) is 32.3 Å². The summed E-state index contributed by atoms with van der Waals surface area (Å²) in [7, 11) is 0. The molecule has 0 fully saturated rings. The van der Waals surface area contributed by atoms with Crippen LogP contribution in [0.4, 0.5) is 5.69 Å². The first-order valence-electron chi connectivity index (χ1n) is 7.94. The second-order valence-corrected chi connectivity index (χ2v) is 6.59. The van der Waals surface area contributed by atoms with E-state index in [4.69, 9.17) is 11.6 Å². The lowest BCUT2D eigenvalue weighted by Crippen LogP contribution is -2.40. The number of carbonyl (C=O) groups is 1. The lowest BCUT2D eigenvalue weighted by Gasteiger charge is -2.25. The number of hydrogen-bond acceptors (Lipinski definition) is 2. The van der Waals surface area contributed by atoms with Crippen molar-refractivity contribution in [3.05, 3.63) is 64.7 Å². The van der Waals surface area contributed by atoms with Gasteiger partial charge in [0.25, 0.3) is 0 Å². The Bertz CT molecular complexity index is 699. The normalized spacial score (nSPS) is 17.7. The van der Waals surface area contributed by atoms with E-state index in [1.54, 1.807) is 0 Å². The van der Waals surface area contributed by atoms with Gasteiger partial charge in [-0.25, -0.2) is 0 Å². The third kappa shape index (κ3) is 3.50. The molecule has 0 saturated carbocycles. The van der Waals surface area contributed by atoms with Crippen LogP contribution in [0.25, 0.3) is 0 Å². The fraction of sp³-hybridized carbons (Fsp3) is 0.316. The molecule has 2 aromatic rings. The Morgan fingerprint density at radius 1 is 1.26 bits per heavy atom. The number of anilines is 1. The SMILES string of the molecule is C[C@H](NC(=O)CN1c2ccccc2C[C@@H]1C)c1ccc(Cl)cc1. The van der Waals surface area contributed by atoms with Gasteiger partial charge in [-0.05, 0) is 49.6 Å². The van der Waals surface area contributed by atoms with Gasteiger partial charge in [-0.2, -0.15) is 0 Å². The maximum absolute atomic E-state index is 12.4. The van der Waals surface area contributed by atoms with Gasteiger partial charge in [0, 0.05) is 16.8 Å². The van der Waals surface area contributed by atoms with Crippen molar-refractivity contribution in [2.75, 3.05) is 11.4 Å². The van der Waals surface area contributed by atoms with Crippen LogP contribution in [0.3, 0.4) is 0 Å². The Kier molecular flexibility index (Phi) is 4.58. The minimum Gasteiger partial charge on any atom is -0.359 e. The average Bonchev–Trinajstić information content (AvgIpc) is 2.84. The molecule has 23 heavy (non-hydrogen) atoms. The van der Waals surface area contributed by atoms with E-state index in [-0.39, 0.29) is 11.9 Å². The van der Waals surface area contributed by atoms with Crippen LogP contribution in [0, 0.1) is 0 Å². The summed E-state index contributed by atoms with van der Waals surface area (Å²) < 4.78 is 0. The van der Waals surface area contributed by atoms with Crippen molar-refractivity contribution in [1.82, 2.24) is 5.32 Å². The number of para-hydroxylation sites is 1. The van der Waals surface area contributed by atoms with Crippen LogP contribution in [0.2, 0.25) is 5.02 Å². The molecule has 3 nitrogen and oxygen atoms in total. The number of hydrogen-bond donors (Lipinski definition) is 1. The van der Waals surface area contributed by atoms with E-state index in [0.29, 0.717) is 17.6 Å². The first-order valence-corrected chi connectivity index (χ1v) is 8.32. The molecular weight excluding hydrogens is 308 g/mol. The standard InChI is InChI=1S/C19H21ClN2O/c1-13-11-16-5-3-4-6-18(16)22(13)12-19(23)21-14(2)15-7-9-17(20)10-8-15/h3-10,13-14H,11-12H2,1-2H3,(H,21,23)/t13-,14-/m0/s1. The monoisotopic (exact) mass is 328 g/mol. The quantitative estimate of drug-likeness (QED) is 0.921. The highest BCUT2D eigenvalue weighted by Crippen LogP contribution is 2.31. The van der Waals surface area contributed by atoms with Crippen molar-refractivity contribution < 1.29 is 4.79 Å². The summed E-state index contributed by atoms with van der Waals surface area (Å²) in [6.07, 6.45) is 0.996. The van der Waals surface area contributed by atoms with Crippen molar-refractivity contribution in [2.45, 2.75) is 32.4 Å². The highest BCUT2D eigenvalue weighted by molar-refractivity contribution is 6.30. The van der Waals surface area contributed by atoms with Gasteiger partial charge in [0.15, 0.2) is 0 Å². The number of halogens is 1. The third-order valence-corrected chi connectivity index (χ3v) is 4.66. The van der Waals surface area contributed by atoms with Crippen LogP contribution in [0.5, 0.6) is 0 Å². The molecule has 0 saturated heterocycles. The van der Waals surface area contributed by atoms with E-state index < -0.39 is 0 Å². The molecule has 0 aromatic heterocycles. The van der Waals surface area contributed by atoms with Gasteiger partial charge in [0.05, 0.1) is 12.6 Å². The van der Waals surface area contributed by atoms with E-state index >= 15 is 0 Å². The predicted octanol–water partition coefficient (Wildman–Crippen LogP) is 3.97. The zero-order valence-corrected chi connectivity index (χ0v) is 14.2. The van der Waals surface area contributed by atoms with Crippen molar-refractivity contribution in [1.29, 1.82) is 0 Å². The van der Waals surface area contributed by atoms with E-state index in [1.165, 1.54) is 11.3 Å². The second kappa shape index (κ2) is 6.63. The Labute approximate surface area is 142 Å². The van der Waals surface area contributed by atoms with Gasteiger partial charge in [-0.1, -0.05) is 41.9 Å². The number of fused-ring (bicyclic) bond motifs is 1. The van der Waals surface area contributed by atoms with Gasteiger partial charge in [0.2, 0.25) is 5.91 Å². The Morgan fingerprint density at radius 3 is 2.70 bits per heavy atom. The number of carbonyl (C=O) groups excluding carboxylic acids is 1. The number of nitrogens with one attached hydrogen (secondary N) is 1. The largest absolute Gasteiger partial charge is 0.359 e. The highest BCUT2D eigenvalue weighted by atomic mass is 35.5. The lowest BCUT2D eigenvalue weighted by atomic mass is 10.1. The fourth-order valence-corrected chi connectivity index (χ4v) is 3.27. The van der Waals surface area contributed by atoms with E-state index in [2.05, 4.69) is 35.3 Å². The Morgan fingerprint density at radius 2 is 1.96 bits per heavy atom. The molecule has 0 unspecified atom stereocenters. The summed E-state index contributed by atoms with van der Waals surface area (Å²) in [4.78, 5) is 14.6. The fourth-order valence-electron chi connectivity index (χ4n) is 3.15. The van der Waals surface area contributed by atoms with Crippen molar-refractivity contribution in [2.24, 2.45) is 0 Å². The summed E-state index contributed by atoms with van der Waals surface area (Å²) in [5.74, 6) is 0.0380. The molecule has 1 N–H and O–H groups in total. The lowest BCUT2D eigenvalue weighted by molar-refractivity contribution is -0.120. The van der Waals surface area contributed by atoms with Crippen LogP contribution in [-0.4, -0.2) is 18.5 Å². The number of amides is 1. The maximum Gasteiger partial charge on any atom is 0.240 e. The molecular formula is C19H21ClN2O. The molecule has 4 heteroatoms. The van der Waals surface area contributed by atoms with E-state index in [0.717, 1.165) is 12.0 Å². The molecule has 0 spiro atoms. The first-order chi connectivity index (χ1) is 11.0. The zero-order chi connectivity index (χ0) is 16.4. The molecule has 1 amide bonds. The molecule has 1 aliphatic heterocycles. The van der Waals surface area contributed by atoms with Crippen LogP contribution < -0.4 is 10.2 Å². The zero-order valence-electron chi connectivity index (χ0n) is 13.4. The highest BCUT2D eigenvalue weighted by Gasteiger charge is 2.27. The van der Waals surface area contributed by atoms with Crippen molar-refractivity contribution in [3.8, 4) is 0 Å². The predicted molar refractivity (Wildman–Crippen MR) is 95.0 cm³/mol. The second-order valence-electron chi connectivity index (χ2n) is 6.15. The minimum atomic E-state index is -0.0343. The molecule has 1 heterocycles. The summed E-state index contributed by atoms with van der Waals surface area (Å²) >= 11 is 5.91.